The van der Waals surface area contributed by atoms with Crippen molar-refractivity contribution in [3.63, 3.8) is 0 Å². The van der Waals surface area contributed by atoms with Crippen LogP contribution in [0.2, 0.25) is 5.02 Å². The van der Waals surface area contributed by atoms with Crippen LogP contribution in [0.4, 0.5) is 5.82 Å². The van der Waals surface area contributed by atoms with Crippen molar-refractivity contribution < 1.29 is 9.47 Å². The number of likely N-dealkylation sites (N-methyl/N-ethyl adjacent to an activating group) is 1. The van der Waals surface area contributed by atoms with Crippen LogP contribution in [0.15, 0.2) is 36.4 Å². The average molecular weight is 558 g/mol. The number of benzene rings is 2. The standard InChI is InChI=1S/C30H32ClN7O2/c1-36-12-4-7-22(36)17-40-30-34-26-15-27(23-8-2-5-20-6-3-9-25(31)28(20)23)39-18-24(26)29(35-30)37-13-14-38(19-33)21(16-37)10-11-32/h2-3,5-6,8-9,21-22,27H,4,7,10,12-18H2,1H3/t21-,22-,27-/m0/s1. The Hall–Kier alpha value is -3.63. The lowest BCUT2D eigenvalue weighted by Gasteiger charge is -2.39. The summed E-state index contributed by atoms with van der Waals surface area (Å²) in [5.41, 5.74) is 2.88. The summed E-state index contributed by atoms with van der Waals surface area (Å²) in [4.78, 5) is 16.0. The highest BCUT2D eigenvalue weighted by molar-refractivity contribution is 6.35. The molecule has 0 bridgehead atoms. The molecule has 0 unspecified atom stereocenters. The van der Waals surface area contributed by atoms with E-state index in [9.17, 15) is 10.5 Å². The Morgan fingerprint density at radius 1 is 1.10 bits per heavy atom. The molecule has 0 amide bonds. The van der Waals surface area contributed by atoms with Crippen molar-refractivity contribution in [1.82, 2.24) is 19.8 Å². The number of piperazine rings is 1. The first-order chi connectivity index (χ1) is 19.6. The molecule has 0 N–H and O–H groups in total. The first-order valence-corrected chi connectivity index (χ1v) is 14.2. The van der Waals surface area contributed by atoms with Crippen LogP contribution < -0.4 is 9.64 Å². The molecule has 40 heavy (non-hydrogen) atoms. The summed E-state index contributed by atoms with van der Waals surface area (Å²) >= 11 is 6.65. The van der Waals surface area contributed by atoms with Gasteiger partial charge in [0.1, 0.15) is 12.4 Å². The Kier molecular flexibility index (Phi) is 7.62. The van der Waals surface area contributed by atoms with Gasteiger partial charge in [-0.25, -0.2) is 0 Å². The van der Waals surface area contributed by atoms with E-state index in [1.807, 2.05) is 18.2 Å². The van der Waals surface area contributed by atoms with Gasteiger partial charge in [0.05, 0.1) is 36.9 Å². The number of halogens is 1. The molecule has 2 aromatic carbocycles. The second kappa shape index (κ2) is 11.5. The maximum atomic E-state index is 9.58. The molecule has 0 radical (unpaired) electrons. The average Bonchev–Trinajstić information content (AvgIpc) is 3.39. The summed E-state index contributed by atoms with van der Waals surface area (Å²) in [7, 11) is 2.13. The van der Waals surface area contributed by atoms with Crippen molar-refractivity contribution in [3.05, 3.63) is 58.2 Å². The minimum Gasteiger partial charge on any atom is -0.462 e. The Morgan fingerprint density at radius 3 is 2.73 bits per heavy atom. The van der Waals surface area contributed by atoms with Gasteiger partial charge in [0.25, 0.3) is 0 Å². The Labute approximate surface area is 239 Å². The number of ether oxygens (including phenoxy) is 2. The zero-order chi connectivity index (χ0) is 27.6. The number of rotatable bonds is 6. The topological polar surface area (TPSA) is 102 Å². The lowest BCUT2D eigenvalue weighted by atomic mass is 9.94. The Balaban J connectivity index is 1.34. The third kappa shape index (κ3) is 5.13. The number of fused-ring (bicyclic) bond motifs is 2. The van der Waals surface area contributed by atoms with Crippen molar-refractivity contribution in [2.24, 2.45) is 0 Å². The smallest absolute Gasteiger partial charge is 0.318 e. The molecule has 3 atom stereocenters. The molecule has 6 rings (SSSR count). The number of hydrogen-bond donors (Lipinski definition) is 0. The summed E-state index contributed by atoms with van der Waals surface area (Å²) in [6.07, 6.45) is 5.12. The molecule has 0 spiro atoms. The van der Waals surface area contributed by atoms with Gasteiger partial charge in [0, 0.05) is 48.1 Å². The number of nitrogens with zero attached hydrogens (tertiary/aromatic N) is 7. The van der Waals surface area contributed by atoms with E-state index in [0.29, 0.717) is 56.3 Å². The van der Waals surface area contributed by atoms with Crippen LogP contribution in [0.1, 0.15) is 42.2 Å². The fourth-order valence-electron chi connectivity index (χ4n) is 6.17. The molecule has 206 valence electrons. The highest BCUT2D eigenvalue weighted by Crippen LogP contribution is 2.39. The van der Waals surface area contributed by atoms with Gasteiger partial charge in [-0.3, -0.25) is 0 Å². The first kappa shape index (κ1) is 26.6. The number of likely N-dealkylation sites (tertiary alicyclic amines) is 1. The maximum Gasteiger partial charge on any atom is 0.318 e. The molecule has 0 aliphatic carbocycles. The summed E-state index contributed by atoms with van der Waals surface area (Å²) in [6.45, 7) is 3.63. The van der Waals surface area contributed by atoms with E-state index in [4.69, 9.17) is 31.0 Å². The van der Waals surface area contributed by atoms with E-state index >= 15 is 0 Å². The van der Waals surface area contributed by atoms with Crippen LogP contribution in [-0.2, 0) is 17.8 Å². The number of nitriles is 2. The van der Waals surface area contributed by atoms with Crippen LogP contribution in [0, 0.1) is 22.8 Å². The minimum atomic E-state index is -0.213. The SMILES string of the molecule is CN1CCC[C@H]1COc1nc2c(c(N3CCN(C#N)[C@@H](CC#N)C3)n1)CO[C@H](c1cccc3cccc(Cl)c13)C2. The van der Waals surface area contributed by atoms with E-state index in [0.717, 1.165) is 52.8 Å². The predicted molar refractivity (Wildman–Crippen MR) is 152 cm³/mol. The van der Waals surface area contributed by atoms with E-state index in [1.54, 1.807) is 4.90 Å². The summed E-state index contributed by atoms with van der Waals surface area (Å²) in [5, 5.41) is 21.7. The predicted octanol–water partition coefficient (Wildman–Crippen LogP) is 4.46. The van der Waals surface area contributed by atoms with Crippen molar-refractivity contribution in [2.45, 2.75) is 50.5 Å². The molecule has 0 saturated carbocycles. The van der Waals surface area contributed by atoms with Crippen molar-refractivity contribution >= 4 is 28.2 Å². The lowest BCUT2D eigenvalue weighted by Crippen LogP contribution is -2.51. The van der Waals surface area contributed by atoms with Crippen LogP contribution in [-0.4, -0.2) is 71.7 Å². The molecular formula is C30H32ClN7O2. The van der Waals surface area contributed by atoms with Crippen molar-refractivity contribution in [2.75, 3.05) is 44.7 Å². The number of aromatic nitrogens is 2. The molecular weight excluding hydrogens is 526 g/mol. The van der Waals surface area contributed by atoms with Gasteiger partial charge in [-0.15, -0.1) is 0 Å². The monoisotopic (exact) mass is 557 g/mol. The second-order valence-corrected chi connectivity index (χ2v) is 11.2. The van der Waals surface area contributed by atoms with Crippen molar-refractivity contribution in [1.29, 1.82) is 10.5 Å². The van der Waals surface area contributed by atoms with E-state index < -0.39 is 0 Å². The molecule has 3 aromatic rings. The van der Waals surface area contributed by atoms with Gasteiger partial charge < -0.3 is 24.2 Å². The highest BCUT2D eigenvalue weighted by atomic mass is 35.5. The Bertz CT molecular complexity index is 1480. The van der Waals surface area contributed by atoms with Gasteiger partial charge in [-0.1, -0.05) is 41.9 Å². The zero-order valence-electron chi connectivity index (χ0n) is 22.6. The van der Waals surface area contributed by atoms with Crippen LogP contribution in [0.5, 0.6) is 6.01 Å². The van der Waals surface area contributed by atoms with Gasteiger partial charge in [0.15, 0.2) is 6.19 Å². The van der Waals surface area contributed by atoms with E-state index in [2.05, 4.69) is 47.3 Å². The third-order valence-electron chi connectivity index (χ3n) is 8.40. The summed E-state index contributed by atoms with van der Waals surface area (Å²) in [6, 6.07) is 14.9. The normalized spacial score (nSPS) is 23.1. The molecule has 9 nitrogen and oxygen atoms in total. The minimum absolute atomic E-state index is 0.194. The number of hydrogen-bond acceptors (Lipinski definition) is 9. The maximum absolute atomic E-state index is 9.58. The fourth-order valence-corrected chi connectivity index (χ4v) is 6.46. The van der Waals surface area contributed by atoms with Crippen LogP contribution >= 0.6 is 11.6 Å². The van der Waals surface area contributed by atoms with E-state index in [1.165, 1.54) is 0 Å². The highest BCUT2D eigenvalue weighted by Gasteiger charge is 2.33. The molecule has 2 saturated heterocycles. The molecule has 3 aliphatic rings. The van der Waals surface area contributed by atoms with Crippen molar-refractivity contribution in [3.8, 4) is 18.3 Å². The third-order valence-corrected chi connectivity index (χ3v) is 8.72. The van der Waals surface area contributed by atoms with Crippen LogP contribution in [0.3, 0.4) is 0 Å². The quantitative estimate of drug-likeness (QED) is 0.406. The zero-order valence-corrected chi connectivity index (χ0v) is 23.3. The Morgan fingerprint density at radius 2 is 1.95 bits per heavy atom. The van der Waals surface area contributed by atoms with Crippen LogP contribution in [0.25, 0.3) is 10.8 Å². The van der Waals surface area contributed by atoms with E-state index in [-0.39, 0.29) is 18.6 Å². The van der Waals surface area contributed by atoms with Gasteiger partial charge >= 0.3 is 6.01 Å². The second-order valence-electron chi connectivity index (χ2n) is 10.8. The van der Waals surface area contributed by atoms with Gasteiger partial charge in [-0.05, 0) is 43.5 Å². The largest absolute Gasteiger partial charge is 0.462 e. The number of anilines is 1. The molecule has 10 heteroatoms. The summed E-state index contributed by atoms with van der Waals surface area (Å²) < 4.78 is 12.7. The fraction of sp³-hybridized carbons (Fsp3) is 0.467. The molecule has 1 aromatic heterocycles. The molecule has 4 heterocycles. The first-order valence-electron chi connectivity index (χ1n) is 13.9. The van der Waals surface area contributed by atoms with Gasteiger partial charge in [-0.2, -0.15) is 20.5 Å². The molecule has 3 aliphatic heterocycles. The van der Waals surface area contributed by atoms with Gasteiger partial charge in [0.2, 0.25) is 0 Å². The summed E-state index contributed by atoms with van der Waals surface area (Å²) in [5.74, 6) is 0.773. The molecule has 2 fully saturated rings. The lowest BCUT2D eigenvalue weighted by molar-refractivity contribution is 0.0264.